The molecule has 5 heteroatoms. The van der Waals surface area contributed by atoms with Gasteiger partial charge in [0.2, 0.25) is 0 Å². The molecule has 1 aliphatic rings. The van der Waals surface area contributed by atoms with Crippen LogP contribution in [0.15, 0.2) is 24.3 Å². The summed E-state index contributed by atoms with van der Waals surface area (Å²) in [5, 5.41) is 0. The summed E-state index contributed by atoms with van der Waals surface area (Å²) in [6.07, 6.45) is 2.10. The lowest BCUT2D eigenvalue weighted by atomic mass is 10.0. The number of benzene rings is 1. The summed E-state index contributed by atoms with van der Waals surface area (Å²) in [7, 11) is 0. The number of likely N-dealkylation sites (tertiary alicyclic amines) is 1. The maximum Gasteiger partial charge on any atom is 0.260 e. The number of nitrogens with zero attached hydrogens (tertiary/aromatic N) is 1. The van der Waals surface area contributed by atoms with Gasteiger partial charge < -0.3 is 15.4 Å². The van der Waals surface area contributed by atoms with Crippen molar-refractivity contribution < 1.29 is 9.53 Å². The van der Waals surface area contributed by atoms with Crippen LogP contribution in [0.25, 0.3) is 0 Å². The summed E-state index contributed by atoms with van der Waals surface area (Å²) in [5.74, 6) is 0.682. The normalized spacial score (nSPS) is 17.0. The molecular formula is C15H20N2O2S. The quantitative estimate of drug-likeness (QED) is 0.864. The molecule has 0 radical (unpaired) electrons. The maximum atomic E-state index is 12.2. The zero-order valence-electron chi connectivity index (χ0n) is 11.9. The molecule has 4 nitrogen and oxygen atoms in total. The van der Waals surface area contributed by atoms with Gasteiger partial charge in [-0.25, -0.2) is 0 Å². The minimum atomic E-state index is -0.0595. The molecule has 0 unspecified atom stereocenters. The molecule has 20 heavy (non-hydrogen) atoms. The highest BCUT2D eigenvalue weighted by Gasteiger charge is 2.35. The van der Waals surface area contributed by atoms with E-state index < -0.39 is 0 Å². The first-order valence-electron chi connectivity index (χ1n) is 6.73. The highest BCUT2D eigenvalue weighted by Crippen LogP contribution is 2.28. The molecule has 1 fully saturated rings. The molecule has 1 aromatic carbocycles. The van der Waals surface area contributed by atoms with Crippen LogP contribution >= 0.6 is 12.2 Å². The Kier molecular flexibility index (Phi) is 4.28. The fourth-order valence-electron chi connectivity index (χ4n) is 2.51. The Morgan fingerprint density at radius 3 is 2.55 bits per heavy atom. The molecule has 0 atom stereocenters. The van der Waals surface area contributed by atoms with Crippen molar-refractivity contribution >= 4 is 23.1 Å². The number of ether oxygens (including phenoxy) is 1. The third kappa shape index (κ3) is 3.28. The van der Waals surface area contributed by atoms with Crippen molar-refractivity contribution in [2.24, 2.45) is 5.73 Å². The van der Waals surface area contributed by atoms with Gasteiger partial charge in [-0.15, -0.1) is 0 Å². The van der Waals surface area contributed by atoms with Crippen LogP contribution in [-0.4, -0.2) is 34.5 Å². The minimum absolute atomic E-state index is 0.0333. The van der Waals surface area contributed by atoms with Gasteiger partial charge in [0.25, 0.3) is 5.91 Å². The van der Waals surface area contributed by atoms with Crippen molar-refractivity contribution in [1.82, 2.24) is 4.90 Å². The number of carbonyl (C=O) groups excluding carboxylic acids is 1. The number of hydrogen-bond acceptors (Lipinski definition) is 3. The first-order chi connectivity index (χ1) is 9.40. The Hall–Kier alpha value is -1.62. The number of amides is 1. The van der Waals surface area contributed by atoms with E-state index in [0.717, 1.165) is 24.9 Å². The average Bonchev–Trinajstić information content (AvgIpc) is 2.76. The van der Waals surface area contributed by atoms with Gasteiger partial charge in [-0.2, -0.15) is 0 Å². The lowest BCUT2D eigenvalue weighted by molar-refractivity contribution is -0.136. The highest BCUT2D eigenvalue weighted by molar-refractivity contribution is 7.80. The van der Waals surface area contributed by atoms with Crippen LogP contribution in [0.1, 0.15) is 32.3 Å². The second-order valence-corrected chi connectivity index (χ2v) is 6.08. The fourth-order valence-corrected chi connectivity index (χ4v) is 2.64. The molecule has 1 amide bonds. The molecule has 2 rings (SSSR count). The first kappa shape index (κ1) is 14.8. The van der Waals surface area contributed by atoms with Gasteiger partial charge in [0.05, 0.1) is 0 Å². The third-order valence-corrected chi connectivity index (χ3v) is 3.94. The highest BCUT2D eigenvalue weighted by atomic mass is 32.1. The van der Waals surface area contributed by atoms with Crippen LogP contribution in [0.3, 0.4) is 0 Å². The van der Waals surface area contributed by atoms with Gasteiger partial charge in [0.15, 0.2) is 6.61 Å². The van der Waals surface area contributed by atoms with Gasteiger partial charge in [-0.05, 0) is 51.0 Å². The SMILES string of the molecule is CC1(C)CCCN1C(=O)COc1ccc(C(N)=S)cc1. The van der Waals surface area contributed by atoms with E-state index in [1.807, 2.05) is 4.90 Å². The van der Waals surface area contributed by atoms with E-state index in [1.54, 1.807) is 24.3 Å². The van der Waals surface area contributed by atoms with Crippen molar-refractivity contribution in [3.8, 4) is 5.75 Å². The van der Waals surface area contributed by atoms with Crippen molar-refractivity contribution in [2.75, 3.05) is 13.2 Å². The summed E-state index contributed by atoms with van der Waals surface area (Å²) < 4.78 is 5.53. The van der Waals surface area contributed by atoms with E-state index in [-0.39, 0.29) is 18.1 Å². The molecule has 2 N–H and O–H groups in total. The molecule has 1 saturated heterocycles. The molecule has 1 aliphatic heterocycles. The zero-order chi connectivity index (χ0) is 14.8. The monoisotopic (exact) mass is 292 g/mol. The van der Waals surface area contributed by atoms with Crippen LogP contribution in [0.2, 0.25) is 0 Å². The fraction of sp³-hybridized carbons (Fsp3) is 0.467. The van der Waals surface area contributed by atoms with Gasteiger partial charge in [-0.3, -0.25) is 4.79 Å². The number of rotatable bonds is 4. The lowest BCUT2D eigenvalue weighted by Gasteiger charge is -2.31. The summed E-state index contributed by atoms with van der Waals surface area (Å²) >= 11 is 4.89. The average molecular weight is 292 g/mol. The Labute approximate surface area is 124 Å². The third-order valence-electron chi connectivity index (χ3n) is 3.70. The van der Waals surface area contributed by atoms with Crippen LogP contribution in [0.4, 0.5) is 0 Å². The Morgan fingerprint density at radius 2 is 2.05 bits per heavy atom. The molecule has 0 bridgehead atoms. The van der Waals surface area contributed by atoms with Crippen molar-refractivity contribution in [1.29, 1.82) is 0 Å². The van der Waals surface area contributed by atoms with Crippen molar-refractivity contribution in [3.05, 3.63) is 29.8 Å². The Morgan fingerprint density at radius 1 is 1.40 bits per heavy atom. The molecular weight excluding hydrogens is 272 g/mol. The van der Waals surface area contributed by atoms with Gasteiger partial charge in [-0.1, -0.05) is 12.2 Å². The first-order valence-corrected chi connectivity index (χ1v) is 7.14. The summed E-state index contributed by atoms with van der Waals surface area (Å²) in [4.78, 5) is 14.4. The van der Waals surface area contributed by atoms with Gasteiger partial charge in [0, 0.05) is 17.6 Å². The summed E-state index contributed by atoms with van der Waals surface area (Å²) in [6.45, 7) is 5.06. The van der Waals surface area contributed by atoms with Crippen molar-refractivity contribution in [2.45, 2.75) is 32.2 Å². The molecule has 1 heterocycles. The summed E-state index contributed by atoms with van der Waals surface area (Å²) in [6, 6.07) is 7.14. The van der Waals surface area contributed by atoms with Crippen LogP contribution in [-0.2, 0) is 4.79 Å². The number of thiocarbonyl (C=S) groups is 1. The van der Waals surface area contributed by atoms with E-state index in [2.05, 4.69) is 13.8 Å². The predicted molar refractivity (Wildman–Crippen MR) is 82.9 cm³/mol. The summed E-state index contributed by atoms with van der Waals surface area (Å²) in [5.41, 5.74) is 6.26. The van der Waals surface area contributed by atoms with E-state index in [0.29, 0.717) is 10.7 Å². The molecule has 0 spiro atoms. The van der Waals surface area contributed by atoms with Crippen LogP contribution in [0.5, 0.6) is 5.75 Å². The topological polar surface area (TPSA) is 55.6 Å². The van der Waals surface area contributed by atoms with Crippen LogP contribution < -0.4 is 10.5 Å². The van der Waals surface area contributed by atoms with Gasteiger partial charge >= 0.3 is 0 Å². The van der Waals surface area contributed by atoms with E-state index in [9.17, 15) is 4.79 Å². The predicted octanol–water partition coefficient (Wildman–Crippen LogP) is 2.10. The zero-order valence-corrected chi connectivity index (χ0v) is 12.7. The minimum Gasteiger partial charge on any atom is -0.484 e. The molecule has 0 aromatic heterocycles. The maximum absolute atomic E-state index is 12.2. The Balaban J connectivity index is 1.92. The number of hydrogen-bond donors (Lipinski definition) is 1. The molecule has 1 aromatic rings. The van der Waals surface area contributed by atoms with Crippen LogP contribution in [0, 0.1) is 0 Å². The molecule has 0 saturated carbocycles. The van der Waals surface area contributed by atoms with Crippen molar-refractivity contribution in [3.63, 3.8) is 0 Å². The van der Waals surface area contributed by atoms with E-state index in [1.165, 1.54) is 0 Å². The second kappa shape index (κ2) is 5.79. The largest absolute Gasteiger partial charge is 0.484 e. The number of carbonyl (C=O) groups is 1. The van der Waals surface area contributed by atoms with Gasteiger partial charge in [0.1, 0.15) is 10.7 Å². The van der Waals surface area contributed by atoms with E-state index in [4.69, 9.17) is 22.7 Å². The standard InChI is InChI=1S/C15H20N2O2S/c1-15(2)8-3-9-17(15)13(18)10-19-12-6-4-11(5-7-12)14(16)20/h4-7H,3,8-10H2,1-2H3,(H2,16,20). The lowest BCUT2D eigenvalue weighted by Crippen LogP contribution is -2.44. The number of nitrogens with two attached hydrogens (primary N) is 1. The van der Waals surface area contributed by atoms with E-state index >= 15 is 0 Å². The molecule has 0 aliphatic carbocycles. The smallest absolute Gasteiger partial charge is 0.260 e. The Bertz CT molecular complexity index is 511. The molecule has 108 valence electrons. The second-order valence-electron chi connectivity index (χ2n) is 5.64.